The van der Waals surface area contributed by atoms with Crippen LogP contribution in [0.4, 0.5) is 0 Å². The lowest BCUT2D eigenvalue weighted by atomic mass is 9.40. The molecule has 0 aromatic carbocycles. The number of rotatable bonds is 5. The van der Waals surface area contributed by atoms with E-state index in [-0.39, 0.29) is 0 Å². The van der Waals surface area contributed by atoms with Crippen LogP contribution in [-0.4, -0.2) is 0 Å². The molecule has 4 rings (SSSR count). The standard InChI is InChI=1S/C18H32/c1-4-5-6-7-8-18-11-15-9-16(2,13-18)12-17(3,10-15)14-18/h15H,4-14H2,1-3H3. The van der Waals surface area contributed by atoms with Gasteiger partial charge in [0.25, 0.3) is 0 Å². The van der Waals surface area contributed by atoms with Gasteiger partial charge in [-0.3, -0.25) is 0 Å². The number of hydrogen-bond acceptors (Lipinski definition) is 0. The van der Waals surface area contributed by atoms with Crippen molar-refractivity contribution < 1.29 is 0 Å². The Morgan fingerprint density at radius 3 is 2.06 bits per heavy atom. The van der Waals surface area contributed by atoms with Crippen LogP contribution >= 0.6 is 0 Å². The van der Waals surface area contributed by atoms with Gasteiger partial charge < -0.3 is 0 Å². The van der Waals surface area contributed by atoms with E-state index in [0.717, 1.165) is 22.2 Å². The highest BCUT2D eigenvalue weighted by Crippen LogP contribution is 2.70. The topological polar surface area (TPSA) is 0 Å². The number of unbranched alkanes of at least 4 members (excludes halogenated alkanes) is 3. The van der Waals surface area contributed by atoms with Gasteiger partial charge >= 0.3 is 0 Å². The zero-order chi connectivity index (χ0) is 12.9. The second kappa shape index (κ2) is 4.25. The van der Waals surface area contributed by atoms with Crippen LogP contribution in [0.2, 0.25) is 0 Å². The van der Waals surface area contributed by atoms with Crippen molar-refractivity contribution in [3.8, 4) is 0 Å². The van der Waals surface area contributed by atoms with Crippen molar-refractivity contribution in [3.63, 3.8) is 0 Å². The van der Waals surface area contributed by atoms with Gasteiger partial charge in [0.1, 0.15) is 0 Å². The summed E-state index contributed by atoms with van der Waals surface area (Å²) in [6.07, 6.45) is 16.7. The van der Waals surface area contributed by atoms with Crippen molar-refractivity contribution in [2.75, 3.05) is 0 Å². The van der Waals surface area contributed by atoms with Crippen LogP contribution in [0.3, 0.4) is 0 Å². The highest BCUT2D eigenvalue weighted by molar-refractivity contribution is 5.10. The van der Waals surface area contributed by atoms with Gasteiger partial charge in [0.2, 0.25) is 0 Å². The molecule has 2 unspecified atom stereocenters. The SMILES string of the molecule is CCCCCCC12CC3CC(C)(CC(C)(C3)C1)C2. The minimum atomic E-state index is 0.721. The molecule has 4 bridgehead atoms. The van der Waals surface area contributed by atoms with E-state index in [1.807, 2.05) is 0 Å². The van der Waals surface area contributed by atoms with Crippen molar-refractivity contribution in [1.29, 1.82) is 0 Å². The molecule has 4 aliphatic rings. The molecule has 0 nitrogen and oxygen atoms in total. The van der Waals surface area contributed by atoms with E-state index in [0.29, 0.717) is 0 Å². The van der Waals surface area contributed by atoms with E-state index in [1.165, 1.54) is 32.1 Å². The Morgan fingerprint density at radius 2 is 1.50 bits per heavy atom. The van der Waals surface area contributed by atoms with E-state index in [4.69, 9.17) is 0 Å². The summed E-state index contributed by atoms with van der Waals surface area (Å²) < 4.78 is 0. The van der Waals surface area contributed by atoms with Gasteiger partial charge in [-0.25, -0.2) is 0 Å². The molecule has 0 amide bonds. The van der Waals surface area contributed by atoms with E-state index in [2.05, 4.69) is 20.8 Å². The van der Waals surface area contributed by atoms with E-state index in [1.54, 1.807) is 38.5 Å². The Bertz CT molecular complexity index is 298. The molecule has 0 heteroatoms. The van der Waals surface area contributed by atoms with Gasteiger partial charge in [-0.05, 0) is 67.1 Å². The fourth-order valence-corrected chi connectivity index (χ4v) is 6.89. The predicted molar refractivity (Wildman–Crippen MR) is 78.6 cm³/mol. The highest BCUT2D eigenvalue weighted by Gasteiger charge is 2.59. The van der Waals surface area contributed by atoms with Crippen molar-refractivity contribution >= 4 is 0 Å². The Kier molecular flexibility index (Phi) is 3.07. The van der Waals surface area contributed by atoms with Gasteiger partial charge in [0, 0.05) is 0 Å². The van der Waals surface area contributed by atoms with Crippen molar-refractivity contribution in [2.45, 2.75) is 91.4 Å². The molecule has 4 saturated carbocycles. The monoisotopic (exact) mass is 248 g/mol. The van der Waals surface area contributed by atoms with Crippen LogP contribution in [0.5, 0.6) is 0 Å². The molecule has 0 aromatic rings. The first-order valence-corrected chi connectivity index (χ1v) is 8.47. The fourth-order valence-electron chi connectivity index (χ4n) is 6.89. The Morgan fingerprint density at radius 1 is 0.833 bits per heavy atom. The summed E-state index contributed by atoms with van der Waals surface area (Å²) in [6.45, 7) is 7.54. The second-order valence-electron chi connectivity index (χ2n) is 8.94. The average Bonchev–Trinajstić information content (AvgIpc) is 2.19. The fraction of sp³-hybridized carbons (Fsp3) is 1.00. The van der Waals surface area contributed by atoms with E-state index >= 15 is 0 Å². The zero-order valence-corrected chi connectivity index (χ0v) is 12.9. The molecule has 18 heavy (non-hydrogen) atoms. The van der Waals surface area contributed by atoms with Crippen LogP contribution in [0.15, 0.2) is 0 Å². The molecular weight excluding hydrogens is 216 g/mol. The highest BCUT2D eigenvalue weighted by atomic mass is 14.6. The first kappa shape index (κ1) is 13.0. The van der Waals surface area contributed by atoms with Gasteiger partial charge in [-0.1, -0.05) is 46.5 Å². The quantitative estimate of drug-likeness (QED) is 0.527. The third-order valence-corrected chi connectivity index (χ3v) is 6.30. The molecule has 0 heterocycles. The molecule has 4 fully saturated rings. The lowest BCUT2D eigenvalue weighted by Gasteiger charge is -2.65. The molecule has 0 saturated heterocycles. The first-order valence-electron chi connectivity index (χ1n) is 8.47. The maximum atomic E-state index is 2.61. The zero-order valence-electron chi connectivity index (χ0n) is 12.9. The third kappa shape index (κ3) is 2.25. The number of hydrogen-bond donors (Lipinski definition) is 0. The lowest BCUT2D eigenvalue weighted by molar-refractivity contribution is -0.148. The van der Waals surface area contributed by atoms with Gasteiger partial charge in [0.15, 0.2) is 0 Å². The molecule has 4 aliphatic carbocycles. The Labute approximate surface area is 114 Å². The van der Waals surface area contributed by atoms with Crippen molar-refractivity contribution in [1.82, 2.24) is 0 Å². The lowest BCUT2D eigenvalue weighted by Crippen LogP contribution is -2.54. The van der Waals surface area contributed by atoms with Crippen LogP contribution in [0, 0.1) is 22.2 Å². The molecule has 0 spiro atoms. The molecule has 2 atom stereocenters. The smallest absolute Gasteiger partial charge is 0.0284 e. The van der Waals surface area contributed by atoms with Crippen molar-refractivity contribution in [2.24, 2.45) is 22.2 Å². The van der Waals surface area contributed by atoms with Crippen LogP contribution < -0.4 is 0 Å². The molecule has 0 radical (unpaired) electrons. The summed E-state index contributed by atoms with van der Waals surface area (Å²) in [7, 11) is 0. The molecule has 0 N–H and O–H groups in total. The second-order valence-corrected chi connectivity index (χ2v) is 8.94. The van der Waals surface area contributed by atoms with Gasteiger partial charge in [-0.15, -0.1) is 0 Å². The first-order chi connectivity index (χ1) is 8.47. The molecular formula is C18H32. The summed E-state index contributed by atoms with van der Waals surface area (Å²) in [5, 5.41) is 0. The summed E-state index contributed by atoms with van der Waals surface area (Å²) in [4.78, 5) is 0. The predicted octanol–water partition coefficient (Wildman–Crippen LogP) is 5.95. The van der Waals surface area contributed by atoms with Crippen LogP contribution in [0.25, 0.3) is 0 Å². The summed E-state index contributed by atoms with van der Waals surface area (Å²) in [6, 6.07) is 0. The molecule has 104 valence electrons. The minimum absolute atomic E-state index is 0.721. The maximum Gasteiger partial charge on any atom is -0.0284 e. The molecule has 0 aromatic heterocycles. The third-order valence-electron chi connectivity index (χ3n) is 6.30. The maximum absolute atomic E-state index is 2.61. The van der Waals surface area contributed by atoms with E-state index < -0.39 is 0 Å². The summed E-state index contributed by atoms with van der Waals surface area (Å²) >= 11 is 0. The van der Waals surface area contributed by atoms with Gasteiger partial charge in [0.05, 0.1) is 0 Å². The minimum Gasteiger partial charge on any atom is -0.0654 e. The van der Waals surface area contributed by atoms with Crippen molar-refractivity contribution in [3.05, 3.63) is 0 Å². The van der Waals surface area contributed by atoms with Crippen LogP contribution in [0.1, 0.15) is 91.4 Å². The van der Waals surface area contributed by atoms with E-state index in [9.17, 15) is 0 Å². The summed E-state index contributed by atoms with van der Waals surface area (Å²) in [5.41, 5.74) is 2.22. The van der Waals surface area contributed by atoms with Gasteiger partial charge in [-0.2, -0.15) is 0 Å². The average molecular weight is 248 g/mol. The normalized spacial score (nSPS) is 49.8. The largest absolute Gasteiger partial charge is 0.0654 e. The Hall–Kier alpha value is 0. The van der Waals surface area contributed by atoms with Crippen LogP contribution in [-0.2, 0) is 0 Å². The summed E-state index contributed by atoms with van der Waals surface area (Å²) in [5.74, 6) is 1.09. The molecule has 0 aliphatic heterocycles. The Balaban J connectivity index is 1.69.